The van der Waals surface area contributed by atoms with Gasteiger partial charge < -0.3 is 10.5 Å². The topological polar surface area (TPSA) is 59.0 Å². The first kappa shape index (κ1) is 12.5. The van der Waals surface area contributed by atoms with Crippen LogP contribution in [-0.2, 0) is 0 Å². The third kappa shape index (κ3) is 1.77. The van der Waals surface area contributed by atoms with Crippen molar-refractivity contribution in [2.24, 2.45) is 5.73 Å². The fourth-order valence-corrected chi connectivity index (χ4v) is 4.80. The van der Waals surface area contributed by atoms with Gasteiger partial charge in [0.1, 0.15) is 11.6 Å². The largest absolute Gasteiger partial charge is 0.439 e. The van der Waals surface area contributed by atoms with E-state index < -0.39 is 0 Å². The molecule has 1 atom stereocenters. The number of hydrogen-bond acceptors (Lipinski definition) is 5. The van der Waals surface area contributed by atoms with E-state index in [0.29, 0.717) is 5.57 Å². The average molecular weight is 310 g/mol. The van der Waals surface area contributed by atoms with Gasteiger partial charge in [0.15, 0.2) is 5.75 Å². The number of fused-ring (bicyclic) bond motifs is 3. The van der Waals surface area contributed by atoms with E-state index in [1.54, 1.807) is 22.7 Å². The van der Waals surface area contributed by atoms with Crippen molar-refractivity contribution in [2.75, 3.05) is 0 Å². The van der Waals surface area contributed by atoms with E-state index in [9.17, 15) is 5.26 Å². The van der Waals surface area contributed by atoms with Gasteiger partial charge in [-0.15, -0.1) is 22.7 Å². The summed E-state index contributed by atoms with van der Waals surface area (Å²) < 4.78 is 6.92. The minimum atomic E-state index is -0.115. The molecule has 0 amide bonds. The molecule has 0 unspecified atom stereocenters. The van der Waals surface area contributed by atoms with E-state index in [1.165, 1.54) is 0 Å². The molecule has 1 aromatic carbocycles. The molecule has 0 saturated heterocycles. The maximum Gasteiger partial charge on any atom is 0.205 e. The Bertz CT molecular complexity index is 900. The van der Waals surface area contributed by atoms with Crippen LogP contribution in [0, 0.1) is 11.3 Å². The van der Waals surface area contributed by atoms with E-state index >= 15 is 0 Å². The van der Waals surface area contributed by atoms with E-state index in [-0.39, 0.29) is 11.8 Å². The molecule has 102 valence electrons. The minimum Gasteiger partial charge on any atom is -0.439 e. The number of hydrogen-bond donors (Lipinski definition) is 1. The molecule has 0 saturated carbocycles. The maximum absolute atomic E-state index is 9.47. The van der Waals surface area contributed by atoms with Crippen LogP contribution in [0.15, 0.2) is 53.2 Å². The van der Waals surface area contributed by atoms with Gasteiger partial charge >= 0.3 is 0 Å². The van der Waals surface area contributed by atoms with Gasteiger partial charge in [-0.2, -0.15) is 5.26 Å². The second kappa shape index (κ2) is 4.62. The van der Waals surface area contributed by atoms with Crippen LogP contribution in [0.25, 0.3) is 10.1 Å². The minimum absolute atomic E-state index is 0.115. The number of rotatable bonds is 1. The zero-order valence-electron chi connectivity index (χ0n) is 10.9. The Hall–Kier alpha value is -2.29. The number of nitrogens with zero attached hydrogens (tertiary/aromatic N) is 1. The van der Waals surface area contributed by atoms with E-state index in [4.69, 9.17) is 10.5 Å². The highest BCUT2D eigenvalue weighted by molar-refractivity contribution is 7.19. The molecule has 21 heavy (non-hydrogen) atoms. The Balaban J connectivity index is 2.03. The zero-order valence-corrected chi connectivity index (χ0v) is 12.5. The van der Waals surface area contributed by atoms with Gasteiger partial charge in [-0.3, -0.25) is 0 Å². The van der Waals surface area contributed by atoms with Crippen LogP contribution in [0.2, 0.25) is 0 Å². The molecule has 1 aliphatic rings. The van der Waals surface area contributed by atoms with Gasteiger partial charge in [0.05, 0.1) is 10.8 Å². The second-order valence-corrected chi connectivity index (χ2v) is 6.79. The fraction of sp³-hybridized carbons (Fsp3) is 0.0625. The molecule has 4 rings (SSSR count). The fourth-order valence-electron chi connectivity index (χ4n) is 2.62. The molecule has 0 bridgehead atoms. The van der Waals surface area contributed by atoms with Gasteiger partial charge in [0.2, 0.25) is 5.88 Å². The summed E-state index contributed by atoms with van der Waals surface area (Å²) >= 11 is 3.30. The second-order valence-electron chi connectivity index (χ2n) is 4.73. The van der Waals surface area contributed by atoms with Crippen molar-refractivity contribution in [1.82, 2.24) is 0 Å². The Labute approximate surface area is 129 Å². The highest BCUT2D eigenvalue weighted by atomic mass is 32.1. The van der Waals surface area contributed by atoms with Crippen LogP contribution in [0.5, 0.6) is 5.75 Å². The predicted octanol–water partition coefficient (Wildman–Crippen LogP) is 4.18. The molecular formula is C16H10N2OS2. The SMILES string of the molecule is N#CC1=C(N)Oc2c(sc3ccccc23)[C@H]1c1cccs1. The zero-order chi connectivity index (χ0) is 14.4. The lowest BCUT2D eigenvalue weighted by atomic mass is 9.94. The van der Waals surface area contributed by atoms with Gasteiger partial charge in [-0.05, 0) is 23.6 Å². The summed E-state index contributed by atoms with van der Waals surface area (Å²) in [4.78, 5) is 2.18. The summed E-state index contributed by atoms with van der Waals surface area (Å²) in [6, 6.07) is 14.3. The van der Waals surface area contributed by atoms with Crippen LogP contribution in [0.3, 0.4) is 0 Å². The van der Waals surface area contributed by atoms with Gasteiger partial charge in [-0.25, -0.2) is 0 Å². The molecule has 3 aromatic rings. The summed E-state index contributed by atoms with van der Waals surface area (Å²) in [6.45, 7) is 0. The molecule has 1 aliphatic heterocycles. The molecule has 3 heterocycles. The molecule has 0 radical (unpaired) electrons. The third-order valence-corrected chi connectivity index (χ3v) is 5.71. The number of nitriles is 1. The lowest BCUT2D eigenvalue weighted by molar-refractivity contribution is 0.402. The van der Waals surface area contributed by atoms with Crippen LogP contribution in [0.1, 0.15) is 15.7 Å². The van der Waals surface area contributed by atoms with Crippen LogP contribution in [0.4, 0.5) is 0 Å². The third-order valence-electron chi connectivity index (χ3n) is 3.55. The van der Waals surface area contributed by atoms with Crippen LogP contribution < -0.4 is 10.5 Å². The van der Waals surface area contributed by atoms with Crippen molar-refractivity contribution in [3.8, 4) is 11.8 Å². The van der Waals surface area contributed by atoms with Crippen molar-refractivity contribution in [3.63, 3.8) is 0 Å². The van der Waals surface area contributed by atoms with Gasteiger partial charge in [0, 0.05) is 15.0 Å². The van der Waals surface area contributed by atoms with Gasteiger partial charge in [-0.1, -0.05) is 18.2 Å². The van der Waals surface area contributed by atoms with Crippen molar-refractivity contribution < 1.29 is 4.74 Å². The quantitative estimate of drug-likeness (QED) is 0.733. The first-order valence-electron chi connectivity index (χ1n) is 6.42. The molecule has 5 heteroatoms. The van der Waals surface area contributed by atoms with Crippen molar-refractivity contribution in [2.45, 2.75) is 5.92 Å². The maximum atomic E-state index is 9.47. The summed E-state index contributed by atoms with van der Waals surface area (Å²) in [5.74, 6) is 0.897. The Morgan fingerprint density at radius 1 is 1.19 bits per heavy atom. The van der Waals surface area contributed by atoms with E-state index in [1.807, 2.05) is 35.7 Å². The monoisotopic (exact) mass is 310 g/mol. The summed E-state index contributed by atoms with van der Waals surface area (Å²) in [5.41, 5.74) is 6.49. The summed E-state index contributed by atoms with van der Waals surface area (Å²) in [7, 11) is 0. The standard InChI is InChI=1S/C16H10N2OS2/c17-8-10-13(12-6-3-7-20-12)15-14(19-16(10)18)9-4-1-2-5-11(9)21-15/h1-7,13H,18H2/t13-/m1/s1. The Kier molecular flexibility index (Phi) is 2.74. The number of thiophene rings is 2. The van der Waals surface area contributed by atoms with E-state index in [0.717, 1.165) is 25.6 Å². The summed E-state index contributed by atoms with van der Waals surface area (Å²) in [6.07, 6.45) is 0. The van der Waals surface area contributed by atoms with Crippen molar-refractivity contribution >= 4 is 32.8 Å². The number of allylic oxidation sites excluding steroid dienone is 1. The lowest BCUT2D eigenvalue weighted by Gasteiger charge is -2.22. The van der Waals surface area contributed by atoms with Gasteiger partial charge in [0.25, 0.3) is 0 Å². The first-order valence-corrected chi connectivity index (χ1v) is 8.11. The molecule has 0 fully saturated rings. The number of ether oxygens (including phenoxy) is 1. The predicted molar refractivity (Wildman–Crippen MR) is 85.4 cm³/mol. The molecule has 2 N–H and O–H groups in total. The summed E-state index contributed by atoms with van der Waals surface area (Å²) in [5, 5.41) is 12.5. The number of benzene rings is 1. The van der Waals surface area contributed by atoms with E-state index in [2.05, 4.69) is 12.1 Å². The lowest BCUT2D eigenvalue weighted by Crippen LogP contribution is -2.19. The normalized spacial score (nSPS) is 17.4. The molecule has 3 nitrogen and oxygen atoms in total. The highest BCUT2D eigenvalue weighted by Crippen LogP contribution is 2.50. The first-order chi connectivity index (χ1) is 10.3. The molecular weight excluding hydrogens is 300 g/mol. The van der Waals surface area contributed by atoms with Crippen LogP contribution in [-0.4, -0.2) is 0 Å². The molecule has 0 aliphatic carbocycles. The average Bonchev–Trinajstić information content (AvgIpc) is 3.13. The number of nitrogens with two attached hydrogens (primary N) is 1. The Morgan fingerprint density at radius 2 is 2.05 bits per heavy atom. The highest BCUT2D eigenvalue weighted by Gasteiger charge is 2.34. The van der Waals surface area contributed by atoms with Crippen molar-refractivity contribution in [1.29, 1.82) is 5.26 Å². The molecule has 2 aromatic heterocycles. The van der Waals surface area contributed by atoms with Crippen LogP contribution >= 0.6 is 22.7 Å². The smallest absolute Gasteiger partial charge is 0.205 e. The Morgan fingerprint density at radius 3 is 2.81 bits per heavy atom. The van der Waals surface area contributed by atoms with Crippen molar-refractivity contribution in [3.05, 3.63) is 63.0 Å². The molecule has 0 spiro atoms.